The summed E-state index contributed by atoms with van der Waals surface area (Å²) in [6.07, 6.45) is 0.851. The number of hydrogen-bond acceptors (Lipinski definition) is 2. The molecule has 1 aromatic rings. The van der Waals surface area contributed by atoms with E-state index in [1.807, 2.05) is 0 Å². The van der Waals surface area contributed by atoms with Gasteiger partial charge in [0.2, 0.25) is 0 Å². The quantitative estimate of drug-likeness (QED) is 0.564. The van der Waals surface area contributed by atoms with Gasteiger partial charge in [0, 0.05) is 17.2 Å². The second kappa shape index (κ2) is 4.02. The molecule has 0 saturated heterocycles. The van der Waals surface area contributed by atoms with Crippen LogP contribution in [0.4, 0.5) is 0 Å². The number of rotatable bonds is 3. The highest BCUT2D eigenvalue weighted by Crippen LogP contribution is 2.11. The molecule has 0 amide bonds. The molecule has 0 aromatic heterocycles. The van der Waals surface area contributed by atoms with Crippen molar-refractivity contribution < 1.29 is 4.79 Å². The first kappa shape index (κ1) is 8.94. The van der Waals surface area contributed by atoms with E-state index >= 15 is 0 Å². The lowest BCUT2D eigenvalue weighted by atomic mass is 10.1. The zero-order valence-corrected chi connectivity index (χ0v) is 7.14. The minimum absolute atomic E-state index is 0.139. The molecule has 0 aliphatic rings. The number of halogens is 1. The van der Waals surface area contributed by atoms with Crippen molar-refractivity contribution in [1.29, 1.82) is 5.41 Å². The van der Waals surface area contributed by atoms with Crippen molar-refractivity contribution >= 4 is 23.6 Å². The molecule has 3 heteroatoms. The van der Waals surface area contributed by atoms with Gasteiger partial charge in [-0.3, -0.25) is 0 Å². The third-order valence-electron chi connectivity index (χ3n) is 1.46. The number of aldehydes is 1. The van der Waals surface area contributed by atoms with E-state index in [0.717, 1.165) is 0 Å². The molecule has 2 nitrogen and oxygen atoms in total. The van der Waals surface area contributed by atoms with Gasteiger partial charge >= 0.3 is 0 Å². The molecule has 0 bridgehead atoms. The second-order valence-electron chi connectivity index (χ2n) is 2.36. The first-order valence-corrected chi connectivity index (χ1v) is 3.89. The summed E-state index contributed by atoms with van der Waals surface area (Å²) in [5, 5.41) is 8.02. The summed E-state index contributed by atoms with van der Waals surface area (Å²) in [4.78, 5) is 10.1. The van der Waals surface area contributed by atoms with Gasteiger partial charge < -0.3 is 10.2 Å². The molecule has 0 heterocycles. The Hall–Kier alpha value is -1.15. The summed E-state index contributed by atoms with van der Waals surface area (Å²) in [7, 11) is 0. The summed E-state index contributed by atoms with van der Waals surface area (Å²) in [5.41, 5.74) is 1.00. The van der Waals surface area contributed by atoms with E-state index in [1.54, 1.807) is 24.3 Å². The van der Waals surface area contributed by atoms with E-state index in [-0.39, 0.29) is 6.42 Å². The number of carbonyl (C=O) groups is 1. The van der Waals surface area contributed by atoms with Gasteiger partial charge in [-0.05, 0) is 17.7 Å². The molecule has 0 saturated carbocycles. The average Bonchev–Trinajstić information content (AvgIpc) is 2.05. The standard InChI is InChI=1S/C9H8ClNO/c10-8-3-1-2-7(6-8)9(11)4-5-12/h1-3,5-6,11H,4H2. The lowest BCUT2D eigenvalue weighted by Crippen LogP contribution is -1.98. The van der Waals surface area contributed by atoms with Crippen molar-refractivity contribution in [2.75, 3.05) is 0 Å². The van der Waals surface area contributed by atoms with Crippen molar-refractivity contribution in [3.05, 3.63) is 34.9 Å². The number of carbonyl (C=O) groups excluding carboxylic acids is 1. The van der Waals surface area contributed by atoms with Crippen LogP contribution in [0, 0.1) is 5.41 Å². The SMILES string of the molecule is N=C(CC=O)c1cccc(Cl)c1. The van der Waals surface area contributed by atoms with Crippen molar-refractivity contribution in [3.8, 4) is 0 Å². The van der Waals surface area contributed by atoms with Crippen LogP contribution in [0.3, 0.4) is 0 Å². The fourth-order valence-electron chi connectivity index (χ4n) is 0.877. The van der Waals surface area contributed by atoms with Crippen LogP contribution >= 0.6 is 11.6 Å². The lowest BCUT2D eigenvalue weighted by Gasteiger charge is -1.99. The highest BCUT2D eigenvalue weighted by molar-refractivity contribution is 6.31. The molecule has 0 unspecified atom stereocenters. The largest absolute Gasteiger partial charge is 0.304 e. The third-order valence-corrected chi connectivity index (χ3v) is 1.70. The summed E-state index contributed by atoms with van der Waals surface area (Å²) < 4.78 is 0. The Morgan fingerprint density at radius 3 is 2.92 bits per heavy atom. The Labute approximate surface area is 75.7 Å². The van der Waals surface area contributed by atoms with Crippen molar-refractivity contribution in [1.82, 2.24) is 0 Å². The van der Waals surface area contributed by atoms with Crippen molar-refractivity contribution in [2.45, 2.75) is 6.42 Å². The minimum Gasteiger partial charge on any atom is -0.304 e. The Morgan fingerprint density at radius 2 is 2.33 bits per heavy atom. The van der Waals surface area contributed by atoms with E-state index in [9.17, 15) is 4.79 Å². The first-order valence-electron chi connectivity index (χ1n) is 3.51. The minimum atomic E-state index is 0.139. The highest BCUT2D eigenvalue weighted by atomic mass is 35.5. The zero-order chi connectivity index (χ0) is 8.97. The fourth-order valence-corrected chi connectivity index (χ4v) is 1.07. The van der Waals surface area contributed by atoms with Crippen LogP contribution in [-0.2, 0) is 4.79 Å². The Bertz CT molecular complexity index is 309. The Kier molecular flexibility index (Phi) is 3.00. The molecule has 12 heavy (non-hydrogen) atoms. The van der Waals surface area contributed by atoms with Gasteiger partial charge in [-0.1, -0.05) is 23.7 Å². The summed E-state index contributed by atoms with van der Waals surface area (Å²) in [5.74, 6) is 0. The van der Waals surface area contributed by atoms with Gasteiger partial charge in [-0.15, -0.1) is 0 Å². The molecule has 1 N–H and O–H groups in total. The number of hydrogen-bond donors (Lipinski definition) is 1. The Balaban J connectivity index is 2.87. The molecular formula is C9H8ClNO. The zero-order valence-electron chi connectivity index (χ0n) is 6.38. The molecule has 0 atom stereocenters. The monoisotopic (exact) mass is 181 g/mol. The van der Waals surface area contributed by atoms with Gasteiger partial charge in [0.25, 0.3) is 0 Å². The molecule has 0 fully saturated rings. The van der Waals surface area contributed by atoms with E-state index in [2.05, 4.69) is 0 Å². The summed E-state index contributed by atoms with van der Waals surface area (Å²) >= 11 is 5.70. The molecular weight excluding hydrogens is 174 g/mol. The molecule has 0 aliphatic heterocycles. The molecule has 1 rings (SSSR count). The lowest BCUT2D eigenvalue weighted by molar-refractivity contribution is -0.106. The first-order chi connectivity index (χ1) is 5.74. The molecule has 0 aliphatic carbocycles. The predicted octanol–water partition coefficient (Wildman–Crippen LogP) is 2.30. The van der Waals surface area contributed by atoms with Crippen LogP contribution in [0.1, 0.15) is 12.0 Å². The van der Waals surface area contributed by atoms with Crippen LogP contribution in [0.2, 0.25) is 5.02 Å². The van der Waals surface area contributed by atoms with Crippen molar-refractivity contribution in [2.24, 2.45) is 0 Å². The van der Waals surface area contributed by atoms with Gasteiger partial charge in [-0.2, -0.15) is 0 Å². The topological polar surface area (TPSA) is 40.9 Å². The fraction of sp³-hybridized carbons (Fsp3) is 0.111. The third kappa shape index (κ3) is 2.17. The molecule has 62 valence electrons. The van der Waals surface area contributed by atoms with Crippen LogP contribution in [-0.4, -0.2) is 12.0 Å². The number of nitrogens with one attached hydrogen (secondary N) is 1. The maximum absolute atomic E-state index is 10.1. The highest BCUT2D eigenvalue weighted by Gasteiger charge is 1.99. The normalized spacial score (nSPS) is 9.42. The predicted molar refractivity (Wildman–Crippen MR) is 49.0 cm³/mol. The van der Waals surface area contributed by atoms with Crippen LogP contribution in [0.5, 0.6) is 0 Å². The van der Waals surface area contributed by atoms with Gasteiger partial charge in [-0.25, -0.2) is 0 Å². The van der Waals surface area contributed by atoms with Gasteiger partial charge in [0.05, 0.1) is 0 Å². The summed E-state index contributed by atoms with van der Waals surface area (Å²) in [6.45, 7) is 0. The van der Waals surface area contributed by atoms with E-state index in [1.165, 1.54) is 0 Å². The van der Waals surface area contributed by atoms with E-state index in [4.69, 9.17) is 17.0 Å². The van der Waals surface area contributed by atoms with E-state index < -0.39 is 0 Å². The molecule has 1 aromatic carbocycles. The maximum atomic E-state index is 10.1. The van der Waals surface area contributed by atoms with Crippen LogP contribution in [0.25, 0.3) is 0 Å². The molecule has 0 spiro atoms. The van der Waals surface area contributed by atoms with Gasteiger partial charge in [0.15, 0.2) is 0 Å². The van der Waals surface area contributed by atoms with Crippen LogP contribution in [0.15, 0.2) is 24.3 Å². The number of benzene rings is 1. The second-order valence-corrected chi connectivity index (χ2v) is 2.80. The summed E-state index contributed by atoms with van der Waals surface area (Å²) in [6, 6.07) is 6.93. The van der Waals surface area contributed by atoms with Gasteiger partial charge in [0.1, 0.15) is 6.29 Å². The average molecular weight is 182 g/mol. The van der Waals surface area contributed by atoms with E-state index in [0.29, 0.717) is 22.6 Å². The smallest absolute Gasteiger partial charge is 0.125 e. The molecule has 0 radical (unpaired) electrons. The maximum Gasteiger partial charge on any atom is 0.125 e. The Morgan fingerprint density at radius 1 is 1.58 bits per heavy atom. The van der Waals surface area contributed by atoms with Crippen LogP contribution < -0.4 is 0 Å². The van der Waals surface area contributed by atoms with Crippen molar-refractivity contribution in [3.63, 3.8) is 0 Å².